The van der Waals surface area contributed by atoms with Crippen LogP contribution in [0.2, 0.25) is 0 Å². The van der Waals surface area contributed by atoms with Crippen LogP contribution >= 0.6 is 11.3 Å². The number of fused-ring (bicyclic) bond motifs is 1. The van der Waals surface area contributed by atoms with Crippen molar-refractivity contribution >= 4 is 17.2 Å². The maximum absolute atomic E-state index is 12.4. The van der Waals surface area contributed by atoms with Crippen molar-refractivity contribution in [2.24, 2.45) is 0 Å². The Kier molecular flexibility index (Phi) is 4.18. The summed E-state index contributed by atoms with van der Waals surface area (Å²) in [5.41, 5.74) is 1.41. The maximum atomic E-state index is 12.4. The number of hydrogen-bond donors (Lipinski definition) is 0. The SMILES string of the molecule is O=C(c1cc2c(s1)CCCCCC2)N1CCCCO1. The summed E-state index contributed by atoms with van der Waals surface area (Å²) in [6, 6.07) is 2.12. The third-order valence-electron chi connectivity index (χ3n) is 3.94. The molecule has 1 saturated heterocycles. The van der Waals surface area contributed by atoms with Crippen LogP contribution in [-0.4, -0.2) is 24.1 Å². The van der Waals surface area contributed by atoms with Gasteiger partial charge in [0.25, 0.3) is 5.91 Å². The van der Waals surface area contributed by atoms with Crippen molar-refractivity contribution in [2.75, 3.05) is 13.2 Å². The molecule has 0 unspecified atom stereocenters. The van der Waals surface area contributed by atoms with Crippen LogP contribution in [0.3, 0.4) is 0 Å². The number of hydroxylamine groups is 2. The largest absolute Gasteiger partial charge is 0.287 e. The van der Waals surface area contributed by atoms with Gasteiger partial charge < -0.3 is 0 Å². The van der Waals surface area contributed by atoms with Gasteiger partial charge in [-0.05, 0) is 50.2 Å². The Morgan fingerprint density at radius 1 is 1.11 bits per heavy atom. The second-order valence-corrected chi connectivity index (χ2v) is 6.56. The van der Waals surface area contributed by atoms with Gasteiger partial charge in [-0.15, -0.1) is 11.3 Å². The van der Waals surface area contributed by atoms with Gasteiger partial charge >= 0.3 is 0 Å². The fourth-order valence-electron chi connectivity index (χ4n) is 2.83. The van der Waals surface area contributed by atoms with Gasteiger partial charge in [0.2, 0.25) is 0 Å². The summed E-state index contributed by atoms with van der Waals surface area (Å²) < 4.78 is 0. The van der Waals surface area contributed by atoms with Gasteiger partial charge in [-0.2, -0.15) is 0 Å². The topological polar surface area (TPSA) is 29.5 Å². The summed E-state index contributed by atoms with van der Waals surface area (Å²) in [4.78, 5) is 20.2. The van der Waals surface area contributed by atoms with Crippen LogP contribution in [0.5, 0.6) is 0 Å². The number of amides is 1. The molecule has 1 amide bonds. The van der Waals surface area contributed by atoms with Crippen molar-refractivity contribution in [1.29, 1.82) is 0 Å². The highest BCUT2D eigenvalue weighted by Crippen LogP contribution is 2.29. The molecule has 104 valence electrons. The third-order valence-corrected chi connectivity index (χ3v) is 5.16. The van der Waals surface area contributed by atoms with Crippen molar-refractivity contribution in [2.45, 2.75) is 51.4 Å². The Morgan fingerprint density at radius 3 is 2.74 bits per heavy atom. The van der Waals surface area contributed by atoms with Crippen LogP contribution < -0.4 is 0 Å². The van der Waals surface area contributed by atoms with E-state index in [9.17, 15) is 4.79 Å². The molecule has 4 heteroatoms. The lowest BCUT2D eigenvalue weighted by Gasteiger charge is -2.25. The first kappa shape index (κ1) is 13.1. The van der Waals surface area contributed by atoms with Crippen molar-refractivity contribution in [3.05, 3.63) is 21.4 Å². The molecule has 0 saturated carbocycles. The van der Waals surface area contributed by atoms with Gasteiger partial charge in [0, 0.05) is 11.4 Å². The van der Waals surface area contributed by atoms with E-state index in [-0.39, 0.29) is 5.91 Å². The van der Waals surface area contributed by atoms with Crippen molar-refractivity contribution in [3.63, 3.8) is 0 Å². The molecule has 0 radical (unpaired) electrons. The van der Waals surface area contributed by atoms with E-state index in [0.29, 0.717) is 6.61 Å². The zero-order valence-corrected chi connectivity index (χ0v) is 12.1. The molecule has 0 N–H and O–H groups in total. The smallest absolute Gasteiger partial charge is 0.271 e. The number of carbonyl (C=O) groups excluding carboxylic acids is 1. The summed E-state index contributed by atoms with van der Waals surface area (Å²) in [5.74, 6) is 0.0662. The average molecular weight is 279 g/mol. The monoisotopic (exact) mass is 279 g/mol. The molecule has 2 aliphatic rings. The molecule has 1 aliphatic heterocycles. The van der Waals surface area contributed by atoms with Gasteiger partial charge in [0.1, 0.15) is 0 Å². The second-order valence-electron chi connectivity index (χ2n) is 5.42. The normalized spacial score (nSPS) is 20.5. The minimum atomic E-state index is 0.0662. The van der Waals surface area contributed by atoms with E-state index in [4.69, 9.17) is 4.84 Å². The van der Waals surface area contributed by atoms with E-state index in [1.165, 1.54) is 36.1 Å². The van der Waals surface area contributed by atoms with E-state index < -0.39 is 0 Å². The summed E-state index contributed by atoms with van der Waals surface area (Å²) >= 11 is 1.69. The van der Waals surface area contributed by atoms with Gasteiger partial charge in [-0.1, -0.05) is 12.8 Å². The molecule has 1 aromatic rings. The predicted molar refractivity (Wildman–Crippen MR) is 76.4 cm³/mol. The Labute approximate surface area is 118 Å². The zero-order valence-electron chi connectivity index (χ0n) is 11.3. The van der Waals surface area contributed by atoms with Crippen LogP contribution in [0.4, 0.5) is 0 Å². The summed E-state index contributed by atoms with van der Waals surface area (Å²) in [5, 5.41) is 1.56. The lowest BCUT2D eigenvalue weighted by molar-refractivity contribution is -0.143. The number of carbonyl (C=O) groups is 1. The highest BCUT2D eigenvalue weighted by atomic mass is 32.1. The number of thiophene rings is 1. The van der Waals surface area contributed by atoms with Crippen LogP contribution in [0.1, 0.15) is 58.6 Å². The molecule has 1 aliphatic carbocycles. The number of rotatable bonds is 1. The lowest BCUT2D eigenvalue weighted by Crippen LogP contribution is -2.35. The molecule has 0 aromatic carbocycles. The van der Waals surface area contributed by atoms with Crippen molar-refractivity contribution in [3.8, 4) is 0 Å². The molecular formula is C15H21NO2S. The Balaban J connectivity index is 1.76. The van der Waals surface area contributed by atoms with Crippen LogP contribution in [-0.2, 0) is 17.7 Å². The molecule has 3 nitrogen and oxygen atoms in total. The van der Waals surface area contributed by atoms with Crippen LogP contribution in [0.15, 0.2) is 6.07 Å². The fraction of sp³-hybridized carbons (Fsp3) is 0.667. The van der Waals surface area contributed by atoms with Crippen LogP contribution in [0, 0.1) is 0 Å². The Hall–Kier alpha value is -0.870. The molecule has 1 aromatic heterocycles. The Bertz CT molecular complexity index is 423. The zero-order chi connectivity index (χ0) is 13.1. The minimum absolute atomic E-state index is 0.0662. The van der Waals surface area contributed by atoms with Crippen molar-refractivity contribution in [1.82, 2.24) is 5.06 Å². The first-order chi connectivity index (χ1) is 9.34. The summed E-state index contributed by atoms with van der Waals surface area (Å²) in [6.45, 7) is 1.41. The molecule has 3 rings (SSSR count). The maximum Gasteiger partial charge on any atom is 0.287 e. The molecule has 0 spiro atoms. The molecule has 0 bridgehead atoms. The molecule has 19 heavy (non-hydrogen) atoms. The third kappa shape index (κ3) is 3.00. The fourth-order valence-corrected chi connectivity index (χ4v) is 4.02. The van der Waals surface area contributed by atoms with Gasteiger partial charge in [-0.3, -0.25) is 9.63 Å². The highest BCUT2D eigenvalue weighted by Gasteiger charge is 2.23. The number of hydrogen-bond acceptors (Lipinski definition) is 3. The van der Waals surface area contributed by atoms with E-state index >= 15 is 0 Å². The first-order valence-electron chi connectivity index (χ1n) is 7.41. The standard InChI is InChI=1S/C15H21NO2S/c17-15(16-9-5-6-10-18-16)14-11-12-7-3-1-2-4-8-13(12)19-14/h11H,1-10H2. The predicted octanol–water partition coefficient (Wildman–Crippen LogP) is 3.57. The number of nitrogens with zero attached hydrogens (tertiary/aromatic N) is 1. The average Bonchev–Trinajstić information content (AvgIpc) is 2.81. The molecule has 1 fully saturated rings. The minimum Gasteiger partial charge on any atom is -0.271 e. The number of aryl methyl sites for hydroxylation is 2. The second kappa shape index (κ2) is 6.06. The van der Waals surface area contributed by atoms with E-state index in [2.05, 4.69) is 6.07 Å². The molecule has 2 heterocycles. The van der Waals surface area contributed by atoms with Gasteiger partial charge in [0.15, 0.2) is 0 Å². The first-order valence-corrected chi connectivity index (χ1v) is 8.22. The Morgan fingerprint density at radius 2 is 1.95 bits per heavy atom. The van der Waals surface area contributed by atoms with Crippen LogP contribution in [0.25, 0.3) is 0 Å². The van der Waals surface area contributed by atoms with Gasteiger partial charge in [0.05, 0.1) is 11.5 Å². The quantitative estimate of drug-likeness (QED) is 0.786. The van der Waals surface area contributed by atoms with E-state index in [1.54, 1.807) is 16.4 Å². The lowest BCUT2D eigenvalue weighted by atomic mass is 10.00. The van der Waals surface area contributed by atoms with E-state index in [0.717, 1.165) is 37.1 Å². The highest BCUT2D eigenvalue weighted by molar-refractivity contribution is 7.14. The van der Waals surface area contributed by atoms with Crippen molar-refractivity contribution < 1.29 is 9.63 Å². The molecule has 0 atom stereocenters. The summed E-state index contributed by atoms with van der Waals surface area (Å²) in [7, 11) is 0. The summed E-state index contributed by atoms with van der Waals surface area (Å²) in [6.07, 6.45) is 9.58. The van der Waals surface area contributed by atoms with Gasteiger partial charge in [-0.25, -0.2) is 5.06 Å². The molecular weight excluding hydrogens is 258 g/mol. The van der Waals surface area contributed by atoms with E-state index in [1.807, 2.05) is 0 Å².